The molecule has 0 saturated carbocycles. The molecule has 2 aromatic rings. The summed E-state index contributed by atoms with van der Waals surface area (Å²) >= 11 is 0. The van der Waals surface area contributed by atoms with E-state index in [4.69, 9.17) is 9.47 Å². The van der Waals surface area contributed by atoms with Gasteiger partial charge in [0.2, 0.25) is 6.10 Å². The Balaban J connectivity index is 1.72. The zero-order valence-electron chi connectivity index (χ0n) is 13.9. The van der Waals surface area contributed by atoms with Gasteiger partial charge in [0.1, 0.15) is 6.10 Å². The van der Waals surface area contributed by atoms with Gasteiger partial charge in [0.25, 0.3) is 5.91 Å². The molecule has 1 aliphatic rings. The minimum absolute atomic E-state index is 0.0306. The van der Waals surface area contributed by atoms with Crippen molar-refractivity contribution in [2.75, 3.05) is 11.1 Å². The number of hydrogen-bond acceptors (Lipinski definition) is 5. The fourth-order valence-corrected chi connectivity index (χ4v) is 3.42. The summed E-state index contributed by atoms with van der Waals surface area (Å²) in [5, 5.41) is 2.73. The topological polar surface area (TPSA) is 81.7 Å². The van der Waals surface area contributed by atoms with Gasteiger partial charge in [0.15, 0.2) is 21.3 Å². The van der Waals surface area contributed by atoms with E-state index in [0.29, 0.717) is 17.2 Å². The second kappa shape index (κ2) is 6.76. The van der Waals surface area contributed by atoms with Crippen LogP contribution >= 0.6 is 0 Å². The molecule has 1 amide bonds. The Morgan fingerprint density at radius 3 is 2.24 bits per heavy atom. The molecule has 1 aliphatic heterocycles. The average Bonchev–Trinajstić information content (AvgIpc) is 2.61. The number of anilines is 1. The molecular weight excluding hydrogens is 342 g/mol. The van der Waals surface area contributed by atoms with Crippen LogP contribution in [0.25, 0.3) is 0 Å². The van der Waals surface area contributed by atoms with Crippen LogP contribution in [-0.4, -0.2) is 32.3 Å². The predicted molar refractivity (Wildman–Crippen MR) is 93.7 cm³/mol. The van der Waals surface area contributed by atoms with Crippen molar-refractivity contribution in [3.05, 3.63) is 48.5 Å². The molecule has 6 nitrogen and oxygen atoms in total. The number of rotatable bonds is 4. The molecule has 0 bridgehead atoms. The SMILES string of the molecule is CCS(=O)(=O)c1ccc(NC(=O)[C@H]2Oc3ccccc3O[C@@H]2C)cc1. The van der Waals surface area contributed by atoms with Gasteiger partial charge in [-0.3, -0.25) is 4.79 Å². The smallest absolute Gasteiger partial charge is 0.269 e. The molecule has 2 aromatic carbocycles. The van der Waals surface area contributed by atoms with Crippen molar-refractivity contribution in [2.24, 2.45) is 0 Å². The van der Waals surface area contributed by atoms with Crippen molar-refractivity contribution in [2.45, 2.75) is 31.0 Å². The van der Waals surface area contributed by atoms with E-state index in [-0.39, 0.29) is 16.6 Å². The van der Waals surface area contributed by atoms with Crippen LogP contribution in [0.5, 0.6) is 11.5 Å². The Hall–Kier alpha value is -2.54. The maximum Gasteiger partial charge on any atom is 0.269 e. The fourth-order valence-electron chi connectivity index (χ4n) is 2.53. The van der Waals surface area contributed by atoms with Crippen LogP contribution in [0.1, 0.15) is 13.8 Å². The standard InChI is InChI=1S/C18H19NO5S/c1-3-25(21,22)14-10-8-13(9-11-14)19-18(20)17-12(2)23-15-6-4-5-7-16(15)24-17/h4-12,17H,3H2,1-2H3,(H,19,20)/t12-,17+/m1/s1. The quantitative estimate of drug-likeness (QED) is 0.905. The van der Waals surface area contributed by atoms with Crippen LogP contribution in [0.2, 0.25) is 0 Å². The van der Waals surface area contributed by atoms with E-state index >= 15 is 0 Å². The van der Waals surface area contributed by atoms with Crippen molar-refractivity contribution in [3.63, 3.8) is 0 Å². The lowest BCUT2D eigenvalue weighted by Crippen LogP contribution is -2.46. The van der Waals surface area contributed by atoms with E-state index in [1.165, 1.54) is 12.1 Å². The maximum absolute atomic E-state index is 12.5. The van der Waals surface area contributed by atoms with Crippen molar-refractivity contribution in [1.29, 1.82) is 0 Å². The number of sulfone groups is 1. The van der Waals surface area contributed by atoms with E-state index in [9.17, 15) is 13.2 Å². The average molecular weight is 361 g/mol. The molecule has 7 heteroatoms. The van der Waals surface area contributed by atoms with Gasteiger partial charge in [0, 0.05) is 5.69 Å². The normalized spacial score (nSPS) is 19.3. The number of carbonyl (C=O) groups excluding carboxylic acids is 1. The molecule has 25 heavy (non-hydrogen) atoms. The Morgan fingerprint density at radius 1 is 1.04 bits per heavy atom. The summed E-state index contributed by atoms with van der Waals surface area (Å²) in [6.07, 6.45) is -1.25. The highest BCUT2D eigenvalue weighted by Crippen LogP contribution is 2.33. The summed E-state index contributed by atoms with van der Waals surface area (Å²) in [7, 11) is -3.26. The lowest BCUT2D eigenvalue weighted by molar-refractivity contribution is -0.128. The summed E-state index contributed by atoms with van der Waals surface area (Å²) in [4.78, 5) is 12.7. The molecule has 2 atom stereocenters. The number of carbonyl (C=O) groups is 1. The third-order valence-electron chi connectivity index (χ3n) is 3.96. The molecule has 0 unspecified atom stereocenters. The van der Waals surface area contributed by atoms with Crippen molar-refractivity contribution in [1.82, 2.24) is 0 Å². The first-order valence-electron chi connectivity index (χ1n) is 7.97. The van der Waals surface area contributed by atoms with Crippen LogP contribution in [0.15, 0.2) is 53.4 Å². The zero-order valence-corrected chi connectivity index (χ0v) is 14.7. The van der Waals surface area contributed by atoms with Crippen LogP contribution < -0.4 is 14.8 Å². The lowest BCUT2D eigenvalue weighted by Gasteiger charge is -2.31. The Labute approximate surface area is 146 Å². The first-order valence-corrected chi connectivity index (χ1v) is 9.62. The number of hydrogen-bond donors (Lipinski definition) is 1. The van der Waals surface area contributed by atoms with Gasteiger partial charge in [0.05, 0.1) is 10.6 Å². The van der Waals surface area contributed by atoms with Gasteiger partial charge in [-0.05, 0) is 43.3 Å². The number of fused-ring (bicyclic) bond motifs is 1. The highest BCUT2D eigenvalue weighted by Gasteiger charge is 2.34. The number of benzene rings is 2. The molecule has 3 rings (SSSR count). The minimum atomic E-state index is -3.26. The van der Waals surface area contributed by atoms with Crippen LogP contribution in [0.3, 0.4) is 0 Å². The lowest BCUT2D eigenvalue weighted by atomic mass is 10.1. The summed E-state index contributed by atoms with van der Waals surface area (Å²) in [5.41, 5.74) is 0.495. The van der Waals surface area contributed by atoms with Gasteiger partial charge in [-0.25, -0.2) is 8.42 Å². The second-order valence-electron chi connectivity index (χ2n) is 5.73. The first-order chi connectivity index (χ1) is 11.9. The summed E-state index contributed by atoms with van der Waals surface area (Å²) in [6, 6.07) is 13.2. The molecule has 1 N–H and O–H groups in total. The first kappa shape index (κ1) is 17.3. The Bertz CT molecular complexity index is 877. The monoisotopic (exact) mass is 361 g/mol. The Kier molecular flexibility index (Phi) is 4.67. The molecule has 0 spiro atoms. The summed E-state index contributed by atoms with van der Waals surface area (Å²) in [5.74, 6) is 0.800. The molecule has 1 heterocycles. The molecular formula is C18H19NO5S. The molecule has 0 fully saturated rings. The van der Waals surface area contributed by atoms with Crippen LogP contribution in [-0.2, 0) is 14.6 Å². The fraction of sp³-hybridized carbons (Fsp3) is 0.278. The maximum atomic E-state index is 12.5. The highest BCUT2D eigenvalue weighted by molar-refractivity contribution is 7.91. The second-order valence-corrected chi connectivity index (χ2v) is 8.00. The highest BCUT2D eigenvalue weighted by atomic mass is 32.2. The van der Waals surface area contributed by atoms with E-state index in [1.807, 2.05) is 6.07 Å². The third kappa shape index (κ3) is 3.61. The Morgan fingerprint density at radius 2 is 1.64 bits per heavy atom. The minimum Gasteiger partial charge on any atom is -0.482 e. The molecule has 0 aromatic heterocycles. The third-order valence-corrected chi connectivity index (χ3v) is 5.71. The summed E-state index contributed by atoms with van der Waals surface area (Å²) < 4.78 is 35.1. The van der Waals surface area contributed by atoms with E-state index in [0.717, 1.165) is 0 Å². The van der Waals surface area contributed by atoms with Gasteiger partial charge in [-0.2, -0.15) is 0 Å². The van der Waals surface area contributed by atoms with E-state index in [2.05, 4.69) is 5.32 Å². The zero-order chi connectivity index (χ0) is 18.0. The van der Waals surface area contributed by atoms with Gasteiger partial charge < -0.3 is 14.8 Å². The molecule has 0 radical (unpaired) electrons. The van der Waals surface area contributed by atoms with E-state index < -0.39 is 22.0 Å². The molecule has 0 aliphatic carbocycles. The van der Waals surface area contributed by atoms with Gasteiger partial charge in [-0.15, -0.1) is 0 Å². The number of nitrogens with one attached hydrogen (secondary N) is 1. The number of ether oxygens (including phenoxy) is 2. The van der Waals surface area contributed by atoms with Crippen molar-refractivity contribution in [3.8, 4) is 11.5 Å². The van der Waals surface area contributed by atoms with Gasteiger partial charge in [-0.1, -0.05) is 19.1 Å². The number of amides is 1. The summed E-state index contributed by atoms with van der Waals surface area (Å²) in [6.45, 7) is 3.35. The predicted octanol–water partition coefficient (Wildman–Crippen LogP) is 2.65. The van der Waals surface area contributed by atoms with Crippen molar-refractivity contribution < 1.29 is 22.7 Å². The van der Waals surface area contributed by atoms with Crippen LogP contribution in [0, 0.1) is 0 Å². The van der Waals surface area contributed by atoms with Crippen LogP contribution in [0.4, 0.5) is 5.69 Å². The number of para-hydroxylation sites is 2. The molecule has 0 saturated heterocycles. The molecule has 132 valence electrons. The van der Waals surface area contributed by atoms with E-state index in [1.54, 1.807) is 44.2 Å². The van der Waals surface area contributed by atoms with Gasteiger partial charge >= 0.3 is 0 Å². The van der Waals surface area contributed by atoms with Crippen molar-refractivity contribution >= 4 is 21.4 Å². The largest absolute Gasteiger partial charge is 0.482 e.